The third kappa shape index (κ3) is 4.21. The van der Waals surface area contributed by atoms with Crippen molar-refractivity contribution in [3.63, 3.8) is 0 Å². The Balaban J connectivity index is 3.29. The van der Waals surface area contributed by atoms with Crippen LogP contribution in [0.2, 0.25) is 0 Å². The lowest BCUT2D eigenvalue weighted by atomic mass is 10.2. The third-order valence-electron chi connectivity index (χ3n) is 2.98. The third-order valence-corrected chi connectivity index (χ3v) is 5.50. The highest BCUT2D eigenvalue weighted by Crippen LogP contribution is 2.21. The van der Waals surface area contributed by atoms with Crippen molar-refractivity contribution < 1.29 is 4.21 Å². The highest BCUT2D eigenvalue weighted by Gasteiger charge is 2.20. The van der Waals surface area contributed by atoms with Crippen LogP contribution in [0, 0.1) is 5.92 Å². The van der Waals surface area contributed by atoms with Crippen molar-refractivity contribution in [2.24, 2.45) is 10.3 Å². The Morgan fingerprint density at radius 2 is 1.85 bits per heavy atom. The van der Waals surface area contributed by atoms with Gasteiger partial charge in [0.2, 0.25) is 0 Å². The molecule has 1 unspecified atom stereocenters. The van der Waals surface area contributed by atoms with Gasteiger partial charge in [0.15, 0.2) is 0 Å². The van der Waals surface area contributed by atoms with Gasteiger partial charge >= 0.3 is 0 Å². The molecule has 1 aromatic rings. The van der Waals surface area contributed by atoms with Gasteiger partial charge in [-0.2, -0.15) is 0 Å². The van der Waals surface area contributed by atoms with Crippen molar-refractivity contribution in [1.82, 2.24) is 4.31 Å². The first-order valence-electron chi connectivity index (χ1n) is 7.27. The van der Waals surface area contributed by atoms with Crippen LogP contribution in [0.1, 0.15) is 34.1 Å². The number of benzene rings is 1. The number of nitrogen functional groups attached to an aromatic ring is 1. The van der Waals surface area contributed by atoms with Crippen LogP contribution < -0.4 is 5.73 Å². The number of anilines is 1. The van der Waals surface area contributed by atoms with Gasteiger partial charge in [0, 0.05) is 18.8 Å². The molecule has 0 radical (unpaired) electrons. The monoisotopic (exact) mass is 297 g/mol. The zero-order chi connectivity index (χ0) is 15.2. The summed E-state index contributed by atoms with van der Waals surface area (Å²) in [7, 11) is -2.53. The standard InChI is InChI=1S/C15H27N3OS/c1-5-11-18(6-2)20(19,17-12-13(3)4)15-9-7-14(16)8-10-15/h7-10,13H,5-6,11-12,16H2,1-4H3. The summed E-state index contributed by atoms with van der Waals surface area (Å²) in [4.78, 5) is 0.752. The van der Waals surface area contributed by atoms with Crippen LogP contribution in [0.4, 0.5) is 5.69 Å². The average molecular weight is 297 g/mol. The molecule has 114 valence electrons. The van der Waals surface area contributed by atoms with Crippen molar-refractivity contribution in [1.29, 1.82) is 0 Å². The maximum atomic E-state index is 13.4. The first-order valence-corrected chi connectivity index (χ1v) is 8.74. The van der Waals surface area contributed by atoms with E-state index in [1.807, 2.05) is 23.4 Å². The summed E-state index contributed by atoms with van der Waals surface area (Å²) >= 11 is 0. The fourth-order valence-electron chi connectivity index (χ4n) is 1.91. The first-order chi connectivity index (χ1) is 9.43. The second kappa shape index (κ2) is 7.64. The highest BCUT2D eigenvalue weighted by molar-refractivity contribution is 7.91. The molecule has 0 fully saturated rings. The van der Waals surface area contributed by atoms with Crippen LogP contribution in [0.25, 0.3) is 0 Å². The summed E-state index contributed by atoms with van der Waals surface area (Å²) in [5.41, 5.74) is 6.40. The Bertz CT molecular complexity index is 516. The fraction of sp³-hybridized carbons (Fsp3) is 0.600. The molecule has 0 aliphatic heterocycles. The van der Waals surface area contributed by atoms with E-state index in [4.69, 9.17) is 5.73 Å². The molecule has 20 heavy (non-hydrogen) atoms. The molecule has 0 aliphatic carbocycles. The molecule has 1 rings (SSSR count). The topological polar surface area (TPSA) is 58.7 Å². The van der Waals surface area contributed by atoms with E-state index in [1.54, 1.807) is 12.1 Å². The Labute approximate surface area is 123 Å². The molecule has 1 aromatic carbocycles. The quantitative estimate of drug-likeness (QED) is 0.784. The molecule has 0 spiro atoms. The Morgan fingerprint density at radius 1 is 1.25 bits per heavy atom. The maximum Gasteiger partial charge on any atom is 0.139 e. The van der Waals surface area contributed by atoms with Crippen LogP contribution in [0.3, 0.4) is 0 Å². The molecule has 4 nitrogen and oxygen atoms in total. The van der Waals surface area contributed by atoms with Crippen molar-refractivity contribution in [3.8, 4) is 0 Å². The Morgan fingerprint density at radius 3 is 2.30 bits per heavy atom. The molecular formula is C15H27N3OS. The molecule has 0 saturated carbocycles. The lowest BCUT2D eigenvalue weighted by molar-refractivity contribution is 0.455. The zero-order valence-corrected chi connectivity index (χ0v) is 13.8. The van der Waals surface area contributed by atoms with Gasteiger partial charge in [-0.1, -0.05) is 27.7 Å². The minimum Gasteiger partial charge on any atom is -0.399 e. The summed E-state index contributed by atoms with van der Waals surface area (Å²) in [5, 5.41) is 0. The molecule has 1 atom stereocenters. The second-order valence-electron chi connectivity index (χ2n) is 5.29. The predicted molar refractivity (Wildman–Crippen MR) is 86.9 cm³/mol. The van der Waals surface area contributed by atoms with Crippen molar-refractivity contribution in [2.45, 2.75) is 39.0 Å². The average Bonchev–Trinajstić information content (AvgIpc) is 2.43. The molecule has 2 N–H and O–H groups in total. The van der Waals surface area contributed by atoms with Gasteiger partial charge in [0.25, 0.3) is 0 Å². The van der Waals surface area contributed by atoms with Crippen molar-refractivity contribution in [3.05, 3.63) is 24.3 Å². The van der Waals surface area contributed by atoms with Crippen LogP contribution in [0.5, 0.6) is 0 Å². The summed E-state index contributed by atoms with van der Waals surface area (Å²) < 4.78 is 20.0. The van der Waals surface area contributed by atoms with Crippen LogP contribution in [-0.4, -0.2) is 28.1 Å². The van der Waals surface area contributed by atoms with E-state index in [1.165, 1.54) is 0 Å². The minimum atomic E-state index is -2.53. The molecule has 5 heteroatoms. The Kier molecular flexibility index (Phi) is 6.49. The smallest absolute Gasteiger partial charge is 0.139 e. The molecular weight excluding hydrogens is 270 g/mol. The summed E-state index contributed by atoms with van der Waals surface area (Å²) in [6, 6.07) is 7.25. The van der Waals surface area contributed by atoms with E-state index >= 15 is 0 Å². The van der Waals surface area contributed by atoms with Crippen molar-refractivity contribution in [2.75, 3.05) is 25.4 Å². The molecule has 0 saturated heterocycles. The van der Waals surface area contributed by atoms with E-state index < -0.39 is 9.92 Å². The number of rotatable bonds is 7. The zero-order valence-electron chi connectivity index (χ0n) is 13.0. The normalized spacial score (nSPS) is 14.5. The minimum absolute atomic E-state index is 0.393. The molecule has 0 aliphatic rings. The van der Waals surface area contributed by atoms with E-state index in [9.17, 15) is 4.21 Å². The summed E-state index contributed by atoms with van der Waals surface area (Å²) in [6.45, 7) is 10.4. The van der Waals surface area contributed by atoms with Gasteiger partial charge in [-0.05, 0) is 36.6 Å². The van der Waals surface area contributed by atoms with Gasteiger partial charge < -0.3 is 5.73 Å². The summed E-state index contributed by atoms with van der Waals surface area (Å²) in [6.07, 6.45) is 0.955. The van der Waals surface area contributed by atoms with Crippen LogP contribution >= 0.6 is 0 Å². The lowest BCUT2D eigenvalue weighted by Crippen LogP contribution is -2.32. The highest BCUT2D eigenvalue weighted by atomic mass is 32.2. The molecule has 0 aromatic heterocycles. The van der Waals surface area contributed by atoms with Crippen LogP contribution in [0.15, 0.2) is 33.5 Å². The molecule has 0 bridgehead atoms. The van der Waals surface area contributed by atoms with Crippen molar-refractivity contribution >= 4 is 15.6 Å². The maximum absolute atomic E-state index is 13.4. The molecule has 0 heterocycles. The number of hydrogen-bond acceptors (Lipinski definition) is 3. The SMILES string of the molecule is CCCN(CC)S(=O)(=NCC(C)C)c1ccc(N)cc1. The Hall–Kier alpha value is -1.07. The number of hydrogen-bond donors (Lipinski definition) is 1. The van der Waals surface area contributed by atoms with E-state index in [2.05, 4.69) is 25.1 Å². The molecule has 0 amide bonds. The van der Waals surface area contributed by atoms with E-state index in [0.717, 1.165) is 24.4 Å². The van der Waals surface area contributed by atoms with Gasteiger partial charge in [-0.25, -0.2) is 12.9 Å². The number of nitrogens with zero attached hydrogens (tertiary/aromatic N) is 2. The van der Waals surface area contributed by atoms with Gasteiger partial charge in [-0.3, -0.25) is 0 Å². The predicted octanol–water partition coefficient (Wildman–Crippen LogP) is 3.40. The van der Waals surface area contributed by atoms with Crippen LogP contribution in [-0.2, 0) is 9.92 Å². The summed E-state index contributed by atoms with van der Waals surface area (Å²) in [5.74, 6) is 0.393. The number of nitrogens with two attached hydrogens (primary N) is 1. The van der Waals surface area contributed by atoms with Gasteiger partial charge in [0.1, 0.15) is 9.92 Å². The van der Waals surface area contributed by atoms with Gasteiger partial charge in [0.05, 0.1) is 11.4 Å². The lowest BCUT2D eigenvalue weighted by Gasteiger charge is -2.25. The first kappa shape index (κ1) is 17.0. The second-order valence-corrected chi connectivity index (χ2v) is 7.53. The van der Waals surface area contributed by atoms with Gasteiger partial charge in [-0.15, -0.1) is 0 Å². The largest absolute Gasteiger partial charge is 0.399 e. The fourth-order valence-corrected chi connectivity index (χ4v) is 4.29. The van der Waals surface area contributed by atoms with E-state index in [-0.39, 0.29) is 0 Å². The van der Waals surface area contributed by atoms with E-state index in [0.29, 0.717) is 18.2 Å².